The van der Waals surface area contributed by atoms with Gasteiger partial charge >= 0.3 is 0 Å². The Bertz CT molecular complexity index is 467. The van der Waals surface area contributed by atoms with Gasteiger partial charge in [-0.15, -0.1) is 12.4 Å². The fourth-order valence-corrected chi connectivity index (χ4v) is 2.04. The van der Waals surface area contributed by atoms with Gasteiger partial charge in [-0.25, -0.2) is 0 Å². The quantitative estimate of drug-likeness (QED) is 0.866. The molecule has 1 aliphatic rings. The summed E-state index contributed by atoms with van der Waals surface area (Å²) >= 11 is 11.9. The van der Waals surface area contributed by atoms with Crippen molar-refractivity contribution in [3.05, 3.63) is 28.2 Å². The van der Waals surface area contributed by atoms with Gasteiger partial charge in [0, 0.05) is 25.6 Å². The van der Waals surface area contributed by atoms with E-state index in [1.54, 1.807) is 25.1 Å². The van der Waals surface area contributed by atoms with Gasteiger partial charge in [-0.1, -0.05) is 29.3 Å². The second-order valence-corrected chi connectivity index (χ2v) is 5.37. The first kappa shape index (κ1) is 17.4. The van der Waals surface area contributed by atoms with Gasteiger partial charge in [0.05, 0.1) is 5.02 Å². The Morgan fingerprint density at radius 1 is 1.50 bits per heavy atom. The molecule has 1 saturated heterocycles. The summed E-state index contributed by atoms with van der Waals surface area (Å²) in [4.78, 5) is 11.9. The zero-order valence-electron chi connectivity index (χ0n) is 11.0. The first-order chi connectivity index (χ1) is 9.08. The fourth-order valence-electron chi connectivity index (χ4n) is 1.70. The van der Waals surface area contributed by atoms with E-state index in [0.717, 1.165) is 13.1 Å². The number of carbonyl (C=O) groups is 1. The molecule has 1 fully saturated rings. The standard InChI is InChI=1S/C13H16Cl2N2O2.ClH/c1-8(13(18)17-7-9-5-16-6-9)19-11-4-2-3-10(14)12(11)15;/h2-4,8-9,16H,5-7H2,1H3,(H,17,18);1H. The Morgan fingerprint density at radius 2 is 2.20 bits per heavy atom. The lowest BCUT2D eigenvalue weighted by Crippen LogP contribution is -2.49. The highest BCUT2D eigenvalue weighted by molar-refractivity contribution is 6.42. The zero-order valence-corrected chi connectivity index (χ0v) is 13.3. The Kier molecular flexibility index (Phi) is 6.89. The van der Waals surface area contributed by atoms with E-state index in [4.69, 9.17) is 27.9 Å². The lowest BCUT2D eigenvalue weighted by molar-refractivity contribution is -0.127. The van der Waals surface area contributed by atoms with Crippen molar-refractivity contribution in [1.82, 2.24) is 10.6 Å². The first-order valence-corrected chi connectivity index (χ1v) is 6.92. The van der Waals surface area contributed by atoms with E-state index in [2.05, 4.69) is 10.6 Å². The number of carbonyl (C=O) groups excluding carboxylic acids is 1. The van der Waals surface area contributed by atoms with Gasteiger partial charge in [0.1, 0.15) is 10.8 Å². The summed E-state index contributed by atoms with van der Waals surface area (Å²) in [6, 6.07) is 5.09. The number of hydrogen-bond donors (Lipinski definition) is 2. The highest BCUT2D eigenvalue weighted by atomic mass is 35.5. The molecular formula is C13H17Cl3N2O2. The minimum absolute atomic E-state index is 0. The molecule has 4 nitrogen and oxygen atoms in total. The summed E-state index contributed by atoms with van der Waals surface area (Å²) in [6.07, 6.45) is -0.607. The Labute approximate surface area is 134 Å². The van der Waals surface area contributed by atoms with Crippen molar-refractivity contribution < 1.29 is 9.53 Å². The molecule has 20 heavy (non-hydrogen) atoms. The van der Waals surface area contributed by atoms with Crippen LogP contribution in [0.4, 0.5) is 0 Å². The van der Waals surface area contributed by atoms with Crippen LogP contribution in [0, 0.1) is 5.92 Å². The van der Waals surface area contributed by atoms with Crippen molar-refractivity contribution in [3.8, 4) is 5.75 Å². The van der Waals surface area contributed by atoms with E-state index >= 15 is 0 Å². The SMILES string of the molecule is CC(Oc1cccc(Cl)c1Cl)C(=O)NCC1CNC1.Cl. The number of hydrogen-bond acceptors (Lipinski definition) is 3. The molecule has 1 atom stereocenters. The van der Waals surface area contributed by atoms with Gasteiger partial charge in [0.25, 0.3) is 5.91 Å². The van der Waals surface area contributed by atoms with E-state index in [1.165, 1.54) is 0 Å². The van der Waals surface area contributed by atoms with Crippen molar-refractivity contribution >= 4 is 41.5 Å². The summed E-state index contributed by atoms with van der Waals surface area (Å²) in [5.41, 5.74) is 0. The number of halogens is 3. The minimum atomic E-state index is -0.607. The van der Waals surface area contributed by atoms with Gasteiger partial charge in [0.2, 0.25) is 0 Å². The van der Waals surface area contributed by atoms with Crippen LogP contribution in [0.5, 0.6) is 5.75 Å². The van der Waals surface area contributed by atoms with Crippen LogP contribution in [0.1, 0.15) is 6.92 Å². The number of nitrogens with one attached hydrogen (secondary N) is 2. The van der Waals surface area contributed by atoms with Crippen molar-refractivity contribution in [3.63, 3.8) is 0 Å². The molecule has 1 aliphatic heterocycles. The van der Waals surface area contributed by atoms with Crippen LogP contribution < -0.4 is 15.4 Å². The Hall–Kier alpha value is -0.680. The van der Waals surface area contributed by atoms with Gasteiger partial charge in [-0.3, -0.25) is 4.79 Å². The van der Waals surface area contributed by atoms with E-state index < -0.39 is 6.10 Å². The third-order valence-electron chi connectivity index (χ3n) is 3.02. The molecule has 112 valence electrons. The van der Waals surface area contributed by atoms with E-state index in [-0.39, 0.29) is 18.3 Å². The predicted octanol–water partition coefficient (Wildman–Crippen LogP) is 2.52. The van der Waals surface area contributed by atoms with Gasteiger partial charge < -0.3 is 15.4 Å². The van der Waals surface area contributed by atoms with Gasteiger partial charge in [0.15, 0.2) is 6.10 Å². The van der Waals surface area contributed by atoms with Crippen LogP contribution in [0.3, 0.4) is 0 Å². The van der Waals surface area contributed by atoms with Gasteiger partial charge in [-0.2, -0.15) is 0 Å². The third kappa shape index (κ3) is 4.42. The highest BCUT2D eigenvalue weighted by Gasteiger charge is 2.21. The highest BCUT2D eigenvalue weighted by Crippen LogP contribution is 2.32. The fraction of sp³-hybridized carbons (Fsp3) is 0.462. The Balaban J connectivity index is 0.00000200. The summed E-state index contributed by atoms with van der Waals surface area (Å²) in [5.74, 6) is 0.788. The zero-order chi connectivity index (χ0) is 13.8. The maximum atomic E-state index is 11.9. The maximum absolute atomic E-state index is 11.9. The van der Waals surface area contributed by atoms with Crippen molar-refractivity contribution in [2.24, 2.45) is 5.92 Å². The monoisotopic (exact) mass is 338 g/mol. The normalized spacial score (nSPS) is 15.8. The molecular weight excluding hydrogens is 323 g/mol. The molecule has 0 radical (unpaired) electrons. The molecule has 0 saturated carbocycles. The topological polar surface area (TPSA) is 50.4 Å². The summed E-state index contributed by atoms with van der Waals surface area (Å²) < 4.78 is 5.53. The summed E-state index contributed by atoms with van der Waals surface area (Å²) in [6.45, 7) is 4.26. The molecule has 7 heteroatoms. The number of rotatable bonds is 5. The van der Waals surface area contributed by atoms with Crippen LogP contribution in [0.2, 0.25) is 10.0 Å². The van der Waals surface area contributed by atoms with Crippen LogP contribution >= 0.6 is 35.6 Å². The molecule has 1 unspecified atom stereocenters. The van der Waals surface area contributed by atoms with Crippen molar-refractivity contribution in [2.45, 2.75) is 13.0 Å². The molecule has 2 rings (SSSR count). The second kappa shape index (κ2) is 7.93. The second-order valence-electron chi connectivity index (χ2n) is 4.58. The minimum Gasteiger partial charge on any atom is -0.479 e. The van der Waals surface area contributed by atoms with E-state index in [1.807, 2.05) is 0 Å². The number of amides is 1. The molecule has 1 amide bonds. The molecule has 2 N–H and O–H groups in total. The first-order valence-electron chi connectivity index (χ1n) is 6.17. The van der Waals surface area contributed by atoms with Crippen LogP contribution in [-0.4, -0.2) is 31.6 Å². The summed E-state index contributed by atoms with van der Waals surface area (Å²) in [7, 11) is 0. The van der Waals surface area contributed by atoms with Gasteiger partial charge in [-0.05, 0) is 19.1 Å². The lowest BCUT2D eigenvalue weighted by atomic mass is 10.0. The third-order valence-corrected chi connectivity index (χ3v) is 3.82. The smallest absolute Gasteiger partial charge is 0.260 e. The predicted molar refractivity (Wildman–Crippen MR) is 83.2 cm³/mol. The maximum Gasteiger partial charge on any atom is 0.260 e. The summed E-state index contributed by atoms with van der Waals surface area (Å²) in [5, 5.41) is 6.75. The van der Waals surface area contributed by atoms with Crippen molar-refractivity contribution in [2.75, 3.05) is 19.6 Å². The van der Waals surface area contributed by atoms with E-state index in [9.17, 15) is 4.79 Å². The molecule has 0 bridgehead atoms. The van der Waals surface area contributed by atoms with Crippen LogP contribution in [0.25, 0.3) is 0 Å². The molecule has 0 aliphatic carbocycles. The van der Waals surface area contributed by atoms with Crippen LogP contribution in [0.15, 0.2) is 18.2 Å². The average molecular weight is 340 g/mol. The molecule has 1 aromatic rings. The number of benzene rings is 1. The Morgan fingerprint density at radius 3 is 2.80 bits per heavy atom. The molecule has 1 heterocycles. The lowest BCUT2D eigenvalue weighted by Gasteiger charge is -2.27. The molecule has 0 spiro atoms. The molecule has 1 aromatic carbocycles. The largest absolute Gasteiger partial charge is 0.479 e. The van der Waals surface area contributed by atoms with E-state index in [0.29, 0.717) is 28.3 Å². The average Bonchev–Trinajstić information content (AvgIpc) is 2.32. The van der Waals surface area contributed by atoms with Crippen molar-refractivity contribution in [1.29, 1.82) is 0 Å². The number of ether oxygens (including phenoxy) is 1. The van der Waals surface area contributed by atoms with Crippen LogP contribution in [-0.2, 0) is 4.79 Å². The molecule has 0 aromatic heterocycles.